The van der Waals surface area contributed by atoms with Gasteiger partial charge in [-0.15, -0.1) is 25.5 Å². The van der Waals surface area contributed by atoms with Crippen molar-refractivity contribution in [1.29, 1.82) is 0 Å². The van der Waals surface area contributed by atoms with Gasteiger partial charge in [-0.1, -0.05) is 6.07 Å². The second kappa shape index (κ2) is 17.7. The summed E-state index contributed by atoms with van der Waals surface area (Å²) in [6.45, 7) is 0. The normalized spacial score (nSPS) is 13.2. The Labute approximate surface area is 393 Å². The van der Waals surface area contributed by atoms with Crippen LogP contribution in [-0.2, 0) is 50.6 Å². The van der Waals surface area contributed by atoms with E-state index in [0.29, 0.717) is 17.8 Å². The minimum absolute atomic E-state index is 0.00819. The Morgan fingerprint density at radius 1 is 0.471 bits per heavy atom. The second-order valence-corrected chi connectivity index (χ2v) is 21.4. The van der Waals surface area contributed by atoms with Gasteiger partial charge in [-0.05, 0) is 102 Å². The molecule has 8 rings (SSSR count). The highest BCUT2D eigenvalue weighted by Crippen LogP contribution is 2.43. The minimum Gasteiger partial charge on any atom is -0.505 e. The number of methoxy groups -OCH3 is 1. The van der Waals surface area contributed by atoms with Crippen molar-refractivity contribution in [3.05, 3.63) is 109 Å². The predicted molar refractivity (Wildman–Crippen MR) is 243 cm³/mol. The lowest BCUT2D eigenvalue weighted by atomic mass is 10.1. The largest absolute Gasteiger partial charge is 0.505 e. The summed E-state index contributed by atoms with van der Waals surface area (Å²) in [5, 5.41) is 43.6. The van der Waals surface area contributed by atoms with Gasteiger partial charge in [0, 0.05) is 22.2 Å². The second-order valence-electron chi connectivity index (χ2n) is 14.4. The van der Waals surface area contributed by atoms with Gasteiger partial charge in [-0.2, -0.15) is 62.2 Å². The van der Waals surface area contributed by atoms with Crippen LogP contribution in [0, 0.1) is 0 Å². The maximum absolute atomic E-state index is 12.7. The molecule has 1 heterocycles. The summed E-state index contributed by atoms with van der Waals surface area (Å²) < 4.78 is 174. The summed E-state index contributed by atoms with van der Waals surface area (Å²) in [4.78, 5) is -3.25. The van der Waals surface area contributed by atoms with E-state index in [0.717, 1.165) is 29.1 Å². The number of nitrogens with zero attached hydrogens (tertiary/aromatic N) is 9. The highest BCUT2D eigenvalue weighted by atomic mass is 32.2. The fourth-order valence-electron chi connectivity index (χ4n) is 6.66. The average molecular weight is 1050 g/mol. The van der Waals surface area contributed by atoms with Gasteiger partial charge in [0.25, 0.3) is 50.6 Å². The number of fused-ring (bicyclic) bond motifs is 4. The number of ether oxygens (including phenoxy) is 1. The third-order valence-electron chi connectivity index (χ3n) is 9.87. The Morgan fingerprint density at radius 2 is 1.03 bits per heavy atom. The van der Waals surface area contributed by atoms with Crippen molar-refractivity contribution >= 4 is 117 Å². The highest BCUT2D eigenvalue weighted by Gasteiger charge is 2.26. The molecule has 26 nitrogen and oxygen atoms in total. The number of hydrogen-bond acceptors (Lipinski definition) is 20. The van der Waals surface area contributed by atoms with Crippen molar-refractivity contribution in [3.63, 3.8) is 0 Å². The van der Waals surface area contributed by atoms with Crippen molar-refractivity contribution in [2.75, 3.05) is 7.11 Å². The number of azo groups is 3. The van der Waals surface area contributed by atoms with Crippen molar-refractivity contribution in [1.82, 2.24) is 15.0 Å². The van der Waals surface area contributed by atoms with Gasteiger partial charge < -0.3 is 9.84 Å². The molecule has 0 aliphatic rings. The van der Waals surface area contributed by atoms with Crippen molar-refractivity contribution in [3.8, 4) is 17.2 Å². The van der Waals surface area contributed by atoms with E-state index in [4.69, 9.17) is 4.74 Å². The summed E-state index contributed by atoms with van der Waals surface area (Å²) in [6.07, 6.45) is 0. The lowest BCUT2D eigenvalue weighted by Crippen LogP contribution is -2.04. The molecule has 0 aliphatic carbocycles. The fraction of sp³-hybridized carbons (Fsp3) is 0.0256. The minimum atomic E-state index is -5.11. The molecule has 1 aromatic heterocycles. The van der Waals surface area contributed by atoms with Crippen molar-refractivity contribution < 1.29 is 74.7 Å². The van der Waals surface area contributed by atoms with Gasteiger partial charge in [-0.25, -0.2) is 0 Å². The van der Waals surface area contributed by atoms with E-state index < -0.39 is 92.2 Å². The number of rotatable bonds is 13. The summed E-state index contributed by atoms with van der Waals surface area (Å²) >= 11 is 0. The molecular formula is C39H27N9O17S5. The molecule has 31 heteroatoms. The molecule has 0 amide bonds. The van der Waals surface area contributed by atoms with Gasteiger partial charge in [0.1, 0.15) is 48.5 Å². The molecule has 0 saturated heterocycles. The van der Waals surface area contributed by atoms with Gasteiger partial charge in [0.2, 0.25) is 0 Å². The monoisotopic (exact) mass is 1050 g/mol. The van der Waals surface area contributed by atoms with Crippen LogP contribution in [0.1, 0.15) is 0 Å². The molecule has 8 aromatic rings. The molecule has 360 valence electrons. The van der Waals surface area contributed by atoms with Gasteiger partial charge in [0.15, 0.2) is 5.75 Å². The Hall–Kier alpha value is -7.59. The molecule has 0 radical (unpaired) electrons. The number of hydrogen-bond donors (Lipinski definition) is 6. The first-order valence-electron chi connectivity index (χ1n) is 18.9. The third-order valence-corrected chi connectivity index (χ3v) is 14.2. The summed E-state index contributed by atoms with van der Waals surface area (Å²) in [5.74, 6) is -0.673. The number of phenolic OH excluding ortho intramolecular Hbond substituents is 1. The summed E-state index contributed by atoms with van der Waals surface area (Å²) in [6, 6.07) is 21.4. The molecule has 6 N–H and O–H groups in total. The SMILES string of the molecule is COc1cc(N=Nc2ccc(N=Nc3ccc(S(=O)(=O)O)cc3S(=O)(=O)O)cc2)ccc1N=Nc1c(S(=O)(=O)O)cc2cc(-n3nc4ccc5c(S(=O)(=O)O)cc(S(=O)(=O)O)cc5c4n3)ccc2c1O. The molecule has 7 aromatic carbocycles. The lowest BCUT2D eigenvalue weighted by Gasteiger charge is -2.10. The first kappa shape index (κ1) is 48.9. The maximum atomic E-state index is 12.7. The molecule has 70 heavy (non-hydrogen) atoms. The summed E-state index contributed by atoms with van der Waals surface area (Å²) in [7, 11) is -23.6. The molecule has 0 aliphatic heterocycles. The predicted octanol–water partition coefficient (Wildman–Crippen LogP) is 7.92. The Bertz CT molecular complexity index is 4210. The molecule has 0 atom stereocenters. The fourth-order valence-corrected chi connectivity index (χ4v) is 9.89. The van der Waals surface area contributed by atoms with Crippen LogP contribution in [0.25, 0.3) is 38.3 Å². The molecule has 0 fully saturated rings. The van der Waals surface area contributed by atoms with E-state index in [1.807, 2.05) is 0 Å². The molecular weight excluding hydrogens is 1030 g/mol. The first-order chi connectivity index (χ1) is 32.7. The van der Waals surface area contributed by atoms with E-state index in [9.17, 15) is 70.0 Å². The average Bonchev–Trinajstić information content (AvgIpc) is 3.73. The summed E-state index contributed by atoms with van der Waals surface area (Å²) in [5.41, 5.74) is -0.229. The zero-order valence-corrected chi connectivity index (χ0v) is 38.7. The van der Waals surface area contributed by atoms with Gasteiger partial charge in [-0.3, -0.25) is 22.8 Å². The van der Waals surface area contributed by atoms with Gasteiger partial charge >= 0.3 is 0 Å². The van der Waals surface area contributed by atoms with E-state index >= 15 is 0 Å². The zero-order chi connectivity index (χ0) is 50.7. The van der Waals surface area contributed by atoms with Crippen molar-refractivity contribution in [2.24, 2.45) is 30.7 Å². The quantitative estimate of drug-likeness (QED) is 0.0471. The van der Waals surface area contributed by atoms with Gasteiger partial charge in [0.05, 0.1) is 39.7 Å². The molecule has 0 spiro atoms. The first-order valence-corrected chi connectivity index (χ1v) is 26.1. The molecule has 0 saturated carbocycles. The van der Waals surface area contributed by atoms with Crippen molar-refractivity contribution in [2.45, 2.75) is 24.5 Å². The Morgan fingerprint density at radius 3 is 1.64 bits per heavy atom. The van der Waals surface area contributed by atoms with Crippen LogP contribution >= 0.6 is 0 Å². The zero-order valence-electron chi connectivity index (χ0n) is 34.6. The van der Waals surface area contributed by atoms with E-state index in [2.05, 4.69) is 40.9 Å². The van der Waals surface area contributed by atoms with Crippen LogP contribution in [-0.4, -0.2) is 92.1 Å². The third kappa shape index (κ3) is 10.1. The maximum Gasteiger partial charge on any atom is 0.296 e. The Kier molecular flexibility index (Phi) is 12.4. The number of phenols is 1. The van der Waals surface area contributed by atoms with Crippen LogP contribution in [0.3, 0.4) is 0 Å². The van der Waals surface area contributed by atoms with E-state index in [1.54, 1.807) is 0 Å². The van der Waals surface area contributed by atoms with E-state index in [-0.39, 0.29) is 61.1 Å². The number of benzene rings is 7. The van der Waals surface area contributed by atoms with Crippen LogP contribution < -0.4 is 4.74 Å². The van der Waals surface area contributed by atoms with Crippen LogP contribution in [0.15, 0.2) is 164 Å². The topological polar surface area (TPSA) is 406 Å². The molecule has 0 unspecified atom stereocenters. The Balaban J connectivity index is 1.05. The highest BCUT2D eigenvalue weighted by molar-refractivity contribution is 7.87. The molecule has 0 bridgehead atoms. The van der Waals surface area contributed by atoms with E-state index in [1.165, 1.54) is 79.9 Å². The number of aromatic hydroxyl groups is 1. The van der Waals surface area contributed by atoms with Crippen LogP contribution in [0.2, 0.25) is 0 Å². The lowest BCUT2D eigenvalue weighted by molar-refractivity contribution is 0.416. The standard InChI is InChI=1S/C39H27N9O17S5/c1-65-33-16-23(42-40-21-2-4-22(5-3-21)41-44-31-12-8-25(66(50,51)52)18-35(31)69(59,60)61)6-11-30(33)43-45-38-36(70(62,63)64)15-20-14-24(7-9-27(20)39(38)49)48-46-32-13-10-28-29(37(32)47-48)17-26(67(53,54)55)19-34(28)68(56,57)58/h2-19,49H,1H3,(H,50,51,52)(H,53,54,55)(H,56,57,58)(H,59,60,61)(H,62,63,64). The smallest absolute Gasteiger partial charge is 0.296 e. The van der Waals surface area contributed by atoms with Crippen LogP contribution in [0.4, 0.5) is 34.1 Å². The van der Waals surface area contributed by atoms with Crippen LogP contribution in [0.5, 0.6) is 11.5 Å². The number of aromatic nitrogens is 3.